The summed E-state index contributed by atoms with van der Waals surface area (Å²) in [6.07, 6.45) is 2.80. The van der Waals surface area contributed by atoms with Crippen molar-refractivity contribution in [2.24, 2.45) is 0 Å². The first kappa shape index (κ1) is 19.9. The molecule has 0 aliphatic rings. The zero-order valence-electron chi connectivity index (χ0n) is 14.8. The Bertz CT molecular complexity index is 1040. The molecule has 0 spiro atoms. The Labute approximate surface area is 167 Å². The van der Waals surface area contributed by atoms with Crippen molar-refractivity contribution in [3.05, 3.63) is 83.0 Å². The van der Waals surface area contributed by atoms with Crippen molar-refractivity contribution in [1.29, 1.82) is 0 Å². The first-order valence-electron chi connectivity index (χ1n) is 8.36. The Balaban J connectivity index is 1.55. The summed E-state index contributed by atoms with van der Waals surface area (Å²) in [5.74, 6) is 0.293. The van der Waals surface area contributed by atoms with Gasteiger partial charge in [-0.2, -0.15) is 0 Å². The summed E-state index contributed by atoms with van der Waals surface area (Å²) in [6, 6.07) is 13.1. The average Bonchev–Trinajstić information content (AvgIpc) is 3.17. The highest BCUT2D eigenvalue weighted by Crippen LogP contribution is 2.20. The summed E-state index contributed by atoms with van der Waals surface area (Å²) < 4.78 is 29.9. The van der Waals surface area contributed by atoms with E-state index >= 15 is 0 Å². The monoisotopic (exact) mass is 419 g/mol. The predicted octanol–water partition coefficient (Wildman–Crippen LogP) is 3.76. The molecule has 2 N–H and O–H groups in total. The molecule has 0 bridgehead atoms. The average molecular weight is 420 g/mol. The maximum atomic E-state index is 12.4. The number of benzene rings is 2. The molecule has 146 valence electrons. The van der Waals surface area contributed by atoms with Crippen LogP contribution in [0.25, 0.3) is 0 Å². The number of carbonyl (C=O) groups excluding carboxylic acids is 1. The normalized spacial score (nSPS) is 11.2. The zero-order valence-corrected chi connectivity index (χ0v) is 16.3. The van der Waals surface area contributed by atoms with Gasteiger partial charge >= 0.3 is 6.03 Å². The van der Waals surface area contributed by atoms with Crippen molar-refractivity contribution in [3.63, 3.8) is 0 Å². The van der Waals surface area contributed by atoms with Crippen LogP contribution >= 0.6 is 11.6 Å². The third-order valence-corrected chi connectivity index (χ3v) is 5.73. The number of hydrogen-bond acceptors (Lipinski definition) is 5. The maximum Gasteiger partial charge on any atom is 0.319 e. The lowest BCUT2D eigenvalue weighted by atomic mass is 10.2. The highest BCUT2D eigenvalue weighted by Gasteiger charge is 2.15. The van der Waals surface area contributed by atoms with Crippen molar-refractivity contribution in [2.45, 2.75) is 18.1 Å². The van der Waals surface area contributed by atoms with Crippen LogP contribution in [-0.4, -0.2) is 19.4 Å². The standard InChI is InChI=1S/C19H18ClN3O4S/c20-18-4-2-1-3-15(18)12-28(25,26)11-14-5-7-16(8-6-14)23-19(24)22-10-17-9-21-13-27-17/h1-9,13H,10-12H2,(H2,22,23,24). The van der Waals surface area contributed by atoms with E-state index in [9.17, 15) is 13.2 Å². The van der Waals surface area contributed by atoms with E-state index in [0.717, 1.165) is 0 Å². The third kappa shape index (κ3) is 5.83. The van der Waals surface area contributed by atoms with E-state index in [0.29, 0.717) is 27.6 Å². The van der Waals surface area contributed by atoms with E-state index in [-0.39, 0.29) is 18.1 Å². The molecule has 0 saturated heterocycles. The molecule has 0 fully saturated rings. The van der Waals surface area contributed by atoms with Gasteiger partial charge in [-0.3, -0.25) is 0 Å². The van der Waals surface area contributed by atoms with Gasteiger partial charge in [0.1, 0.15) is 5.76 Å². The second-order valence-electron chi connectivity index (χ2n) is 6.10. The molecule has 9 heteroatoms. The SMILES string of the molecule is O=C(NCc1cnco1)Nc1ccc(CS(=O)(=O)Cc2ccccc2Cl)cc1. The number of oxazole rings is 1. The van der Waals surface area contributed by atoms with Gasteiger partial charge in [-0.1, -0.05) is 41.9 Å². The van der Waals surface area contributed by atoms with Crippen LogP contribution in [0.15, 0.2) is 65.5 Å². The number of aromatic nitrogens is 1. The quantitative estimate of drug-likeness (QED) is 0.607. The molecule has 0 saturated carbocycles. The minimum atomic E-state index is -3.38. The summed E-state index contributed by atoms with van der Waals surface area (Å²) in [4.78, 5) is 15.6. The number of halogens is 1. The van der Waals surface area contributed by atoms with Crippen molar-refractivity contribution >= 4 is 33.2 Å². The fraction of sp³-hybridized carbons (Fsp3) is 0.158. The minimum absolute atomic E-state index is 0.115. The largest absolute Gasteiger partial charge is 0.447 e. The Morgan fingerprint density at radius 3 is 2.50 bits per heavy atom. The minimum Gasteiger partial charge on any atom is -0.447 e. The van der Waals surface area contributed by atoms with E-state index in [2.05, 4.69) is 15.6 Å². The summed E-state index contributed by atoms with van der Waals surface area (Å²) in [7, 11) is -3.38. The van der Waals surface area contributed by atoms with E-state index in [4.69, 9.17) is 16.0 Å². The van der Waals surface area contributed by atoms with Gasteiger partial charge in [-0.05, 0) is 29.3 Å². The van der Waals surface area contributed by atoms with Crippen LogP contribution in [0, 0.1) is 0 Å². The van der Waals surface area contributed by atoms with Gasteiger partial charge in [0.05, 0.1) is 24.2 Å². The number of urea groups is 1. The van der Waals surface area contributed by atoms with Crippen LogP contribution in [0.5, 0.6) is 0 Å². The summed E-state index contributed by atoms with van der Waals surface area (Å²) in [6.45, 7) is 0.213. The molecule has 0 atom stereocenters. The first-order valence-corrected chi connectivity index (χ1v) is 10.6. The number of nitrogens with one attached hydrogen (secondary N) is 2. The molecular formula is C19H18ClN3O4S. The second-order valence-corrected chi connectivity index (χ2v) is 8.57. The zero-order chi connectivity index (χ0) is 20.0. The molecule has 0 radical (unpaired) electrons. The van der Waals surface area contributed by atoms with Gasteiger partial charge < -0.3 is 15.1 Å². The van der Waals surface area contributed by atoms with Gasteiger partial charge in [0, 0.05) is 10.7 Å². The van der Waals surface area contributed by atoms with Gasteiger partial charge in [0.25, 0.3) is 0 Å². The topological polar surface area (TPSA) is 101 Å². The molecule has 28 heavy (non-hydrogen) atoms. The van der Waals surface area contributed by atoms with Gasteiger partial charge in [-0.15, -0.1) is 0 Å². The predicted molar refractivity (Wildman–Crippen MR) is 107 cm³/mol. The van der Waals surface area contributed by atoms with Crippen molar-refractivity contribution in [3.8, 4) is 0 Å². The molecular weight excluding hydrogens is 402 g/mol. The van der Waals surface area contributed by atoms with Gasteiger partial charge in [-0.25, -0.2) is 18.2 Å². The van der Waals surface area contributed by atoms with Crippen molar-refractivity contribution in [1.82, 2.24) is 10.3 Å². The van der Waals surface area contributed by atoms with Crippen LogP contribution in [0.3, 0.4) is 0 Å². The molecule has 0 aliphatic carbocycles. The number of amides is 2. The highest BCUT2D eigenvalue weighted by atomic mass is 35.5. The van der Waals surface area contributed by atoms with E-state index < -0.39 is 15.9 Å². The number of rotatable bonds is 7. The summed E-state index contributed by atoms with van der Waals surface area (Å²) in [5, 5.41) is 5.72. The van der Waals surface area contributed by atoms with Crippen LogP contribution in [-0.2, 0) is 27.9 Å². The Morgan fingerprint density at radius 2 is 1.82 bits per heavy atom. The molecule has 1 heterocycles. The summed E-state index contributed by atoms with van der Waals surface area (Å²) >= 11 is 6.04. The Hall–Kier alpha value is -2.84. The Kier molecular flexibility index (Phi) is 6.33. The third-order valence-electron chi connectivity index (χ3n) is 3.84. The molecule has 2 aromatic carbocycles. The number of hydrogen-bond donors (Lipinski definition) is 2. The number of nitrogens with zero attached hydrogens (tertiary/aromatic N) is 1. The lowest BCUT2D eigenvalue weighted by molar-refractivity contribution is 0.251. The van der Waals surface area contributed by atoms with Crippen LogP contribution in [0.2, 0.25) is 5.02 Å². The van der Waals surface area contributed by atoms with E-state index in [1.54, 1.807) is 48.5 Å². The molecule has 2 amide bonds. The molecule has 7 nitrogen and oxygen atoms in total. The summed E-state index contributed by atoms with van der Waals surface area (Å²) in [5.41, 5.74) is 1.74. The molecule has 1 aromatic heterocycles. The van der Waals surface area contributed by atoms with Crippen LogP contribution in [0.4, 0.5) is 10.5 Å². The number of carbonyl (C=O) groups is 1. The maximum absolute atomic E-state index is 12.4. The lowest BCUT2D eigenvalue weighted by Gasteiger charge is -2.09. The molecule has 3 aromatic rings. The molecule has 0 aliphatic heterocycles. The van der Waals surface area contributed by atoms with Crippen LogP contribution < -0.4 is 10.6 Å². The molecule has 3 rings (SSSR count). The first-order chi connectivity index (χ1) is 13.4. The number of anilines is 1. The lowest BCUT2D eigenvalue weighted by Crippen LogP contribution is -2.27. The van der Waals surface area contributed by atoms with Gasteiger partial charge in [0.15, 0.2) is 16.2 Å². The number of sulfone groups is 1. The highest BCUT2D eigenvalue weighted by molar-refractivity contribution is 7.89. The fourth-order valence-corrected chi connectivity index (χ4v) is 4.32. The van der Waals surface area contributed by atoms with Crippen molar-refractivity contribution < 1.29 is 17.6 Å². The van der Waals surface area contributed by atoms with Crippen LogP contribution in [0.1, 0.15) is 16.9 Å². The smallest absolute Gasteiger partial charge is 0.319 e. The fourth-order valence-electron chi connectivity index (χ4n) is 2.51. The second kappa shape index (κ2) is 8.90. The Morgan fingerprint density at radius 1 is 1.07 bits per heavy atom. The van der Waals surface area contributed by atoms with E-state index in [1.165, 1.54) is 12.6 Å². The van der Waals surface area contributed by atoms with Crippen molar-refractivity contribution in [2.75, 3.05) is 5.32 Å². The van der Waals surface area contributed by atoms with E-state index in [1.807, 2.05) is 0 Å². The molecule has 0 unspecified atom stereocenters. The van der Waals surface area contributed by atoms with Gasteiger partial charge in [0.2, 0.25) is 0 Å².